The van der Waals surface area contributed by atoms with Gasteiger partial charge in [-0.1, -0.05) is 17.4 Å². The van der Waals surface area contributed by atoms with Gasteiger partial charge in [0, 0.05) is 19.2 Å². The number of ether oxygens (including phenoxy) is 1. The number of para-hydroxylation sites is 1. The second-order valence-corrected chi connectivity index (χ2v) is 11.7. The van der Waals surface area contributed by atoms with Gasteiger partial charge in [-0.2, -0.15) is 14.1 Å². The van der Waals surface area contributed by atoms with E-state index in [4.69, 9.17) is 9.72 Å². The van der Waals surface area contributed by atoms with Crippen molar-refractivity contribution in [2.45, 2.75) is 31.6 Å². The minimum Gasteiger partial charge on any atom is -0.492 e. The summed E-state index contributed by atoms with van der Waals surface area (Å²) in [4.78, 5) is 18.0. The molecule has 4 aromatic rings. The van der Waals surface area contributed by atoms with Crippen molar-refractivity contribution < 1.29 is 22.3 Å². The fraction of sp³-hybridized carbons (Fsp3) is 0.320. The SMILES string of the molecule is CCOc1cccc2sc(-n3nc(C)cc3NC(=O)C3CCCN(S(=O)(=O)c4ccc(F)cc4)C3)nc12. The maximum atomic E-state index is 13.3. The molecule has 2 aromatic heterocycles. The highest BCUT2D eigenvalue weighted by atomic mass is 32.2. The van der Waals surface area contributed by atoms with Crippen molar-refractivity contribution in [2.75, 3.05) is 25.0 Å². The molecule has 1 aliphatic heterocycles. The third-order valence-electron chi connectivity index (χ3n) is 6.14. The number of amides is 1. The van der Waals surface area contributed by atoms with Gasteiger partial charge < -0.3 is 10.1 Å². The van der Waals surface area contributed by atoms with Crippen LogP contribution in [0.1, 0.15) is 25.5 Å². The number of anilines is 1. The maximum absolute atomic E-state index is 13.3. The third-order valence-corrected chi connectivity index (χ3v) is 9.02. The van der Waals surface area contributed by atoms with Gasteiger partial charge in [-0.05, 0) is 63.1 Å². The lowest BCUT2D eigenvalue weighted by Crippen LogP contribution is -2.43. The first-order valence-electron chi connectivity index (χ1n) is 11.9. The lowest BCUT2D eigenvalue weighted by atomic mass is 9.99. The number of benzene rings is 2. The topological polar surface area (TPSA) is 106 Å². The van der Waals surface area contributed by atoms with E-state index in [1.165, 1.54) is 27.8 Å². The Labute approximate surface area is 217 Å². The van der Waals surface area contributed by atoms with Crippen molar-refractivity contribution in [1.29, 1.82) is 0 Å². The quantitative estimate of drug-likeness (QED) is 0.371. The van der Waals surface area contributed by atoms with Crippen LogP contribution < -0.4 is 10.1 Å². The number of hydrogen-bond acceptors (Lipinski definition) is 7. The summed E-state index contributed by atoms with van der Waals surface area (Å²) < 4.78 is 48.9. The summed E-state index contributed by atoms with van der Waals surface area (Å²) in [6, 6.07) is 12.2. The van der Waals surface area contributed by atoms with Crippen molar-refractivity contribution >= 4 is 43.3 Å². The minimum absolute atomic E-state index is 0.00548. The summed E-state index contributed by atoms with van der Waals surface area (Å²) in [7, 11) is -3.84. The molecule has 37 heavy (non-hydrogen) atoms. The molecule has 0 aliphatic carbocycles. The lowest BCUT2D eigenvalue weighted by molar-refractivity contribution is -0.120. The van der Waals surface area contributed by atoms with Crippen LogP contribution >= 0.6 is 11.3 Å². The molecule has 9 nitrogen and oxygen atoms in total. The van der Waals surface area contributed by atoms with E-state index in [1.807, 2.05) is 32.0 Å². The number of hydrogen-bond donors (Lipinski definition) is 1. The summed E-state index contributed by atoms with van der Waals surface area (Å²) in [5.74, 6) is -0.215. The smallest absolute Gasteiger partial charge is 0.243 e. The van der Waals surface area contributed by atoms with Crippen LogP contribution in [0, 0.1) is 18.7 Å². The van der Waals surface area contributed by atoms with Gasteiger partial charge in [-0.15, -0.1) is 0 Å². The van der Waals surface area contributed by atoms with Crippen LogP contribution in [-0.2, 0) is 14.8 Å². The summed E-state index contributed by atoms with van der Waals surface area (Å²) in [5.41, 5.74) is 1.42. The zero-order valence-corrected chi connectivity index (χ0v) is 22.0. The Kier molecular flexibility index (Phi) is 6.97. The molecule has 1 unspecified atom stereocenters. The molecule has 5 rings (SSSR count). The largest absolute Gasteiger partial charge is 0.492 e. The minimum atomic E-state index is -3.84. The Morgan fingerprint density at radius 1 is 1.24 bits per heavy atom. The number of sulfonamides is 1. The maximum Gasteiger partial charge on any atom is 0.243 e. The van der Waals surface area contributed by atoms with Gasteiger partial charge in [-0.25, -0.2) is 17.8 Å². The second-order valence-electron chi connectivity index (χ2n) is 8.76. The van der Waals surface area contributed by atoms with Crippen LogP contribution in [0.15, 0.2) is 53.4 Å². The van der Waals surface area contributed by atoms with Crippen molar-refractivity contribution in [3.63, 3.8) is 0 Å². The van der Waals surface area contributed by atoms with E-state index in [2.05, 4.69) is 10.4 Å². The highest BCUT2D eigenvalue weighted by Crippen LogP contribution is 2.33. The molecule has 0 bridgehead atoms. The van der Waals surface area contributed by atoms with Crippen LogP contribution in [0.25, 0.3) is 15.3 Å². The monoisotopic (exact) mass is 543 g/mol. The predicted octanol–water partition coefficient (Wildman–Crippen LogP) is 4.37. The number of aryl methyl sites for hydroxylation is 1. The summed E-state index contributed by atoms with van der Waals surface area (Å²) >= 11 is 1.43. The van der Waals surface area contributed by atoms with Crippen LogP contribution in [0.2, 0.25) is 0 Å². The van der Waals surface area contributed by atoms with E-state index in [0.29, 0.717) is 48.4 Å². The van der Waals surface area contributed by atoms with Gasteiger partial charge in [0.1, 0.15) is 22.9 Å². The van der Waals surface area contributed by atoms with Crippen LogP contribution in [0.5, 0.6) is 5.75 Å². The molecule has 0 spiro atoms. The predicted molar refractivity (Wildman–Crippen MR) is 139 cm³/mol. The van der Waals surface area contributed by atoms with E-state index in [9.17, 15) is 17.6 Å². The standard InChI is InChI=1S/C25H26FN5O4S2/c1-3-35-20-7-4-8-21-23(20)28-25(36-21)31-22(14-16(2)29-31)27-24(32)17-6-5-13-30(15-17)37(33,34)19-11-9-18(26)10-12-19/h4,7-12,14,17H,3,5-6,13,15H2,1-2H3,(H,27,32). The Bertz CT molecular complexity index is 1550. The van der Waals surface area contributed by atoms with Gasteiger partial charge in [0.05, 0.1) is 27.8 Å². The van der Waals surface area contributed by atoms with Gasteiger partial charge in [0.2, 0.25) is 21.1 Å². The van der Waals surface area contributed by atoms with E-state index < -0.39 is 21.8 Å². The number of thiazole rings is 1. The molecule has 3 heterocycles. The first kappa shape index (κ1) is 25.3. The van der Waals surface area contributed by atoms with Crippen molar-refractivity contribution in [3.8, 4) is 10.9 Å². The zero-order chi connectivity index (χ0) is 26.2. The average Bonchev–Trinajstić information content (AvgIpc) is 3.48. The molecule has 1 N–H and O–H groups in total. The Hall–Kier alpha value is -3.35. The highest BCUT2D eigenvalue weighted by molar-refractivity contribution is 7.89. The zero-order valence-electron chi connectivity index (χ0n) is 20.3. The third kappa shape index (κ3) is 5.09. The molecular weight excluding hydrogens is 517 g/mol. The molecule has 0 radical (unpaired) electrons. The number of carbonyl (C=O) groups is 1. The van der Waals surface area contributed by atoms with Crippen molar-refractivity contribution in [1.82, 2.24) is 19.1 Å². The lowest BCUT2D eigenvalue weighted by Gasteiger charge is -2.31. The fourth-order valence-electron chi connectivity index (χ4n) is 4.37. The summed E-state index contributed by atoms with van der Waals surface area (Å²) in [6.07, 6.45) is 1.09. The number of rotatable bonds is 7. The number of halogens is 1. The molecule has 194 valence electrons. The van der Waals surface area contributed by atoms with Gasteiger partial charge in [0.25, 0.3) is 0 Å². The molecular formula is C25H26FN5O4S2. The first-order valence-corrected chi connectivity index (χ1v) is 14.2. The van der Waals surface area contributed by atoms with Gasteiger partial charge >= 0.3 is 0 Å². The summed E-state index contributed by atoms with van der Waals surface area (Å²) in [5, 5.41) is 8.03. The Balaban J connectivity index is 1.36. The van der Waals surface area contributed by atoms with Gasteiger partial charge in [-0.3, -0.25) is 4.79 Å². The Morgan fingerprint density at radius 2 is 2.03 bits per heavy atom. The molecule has 1 atom stereocenters. The number of aromatic nitrogens is 3. The van der Waals surface area contributed by atoms with E-state index in [-0.39, 0.29) is 17.3 Å². The van der Waals surface area contributed by atoms with Crippen molar-refractivity contribution in [2.24, 2.45) is 5.92 Å². The number of nitrogens with zero attached hydrogens (tertiary/aromatic N) is 4. The molecule has 1 saturated heterocycles. The van der Waals surface area contributed by atoms with Crippen LogP contribution in [-0.4, -0.2) is 53.1 Å². The molecule has 1 amide bonds. The second kappa shape index (κ2) is 10.2. The highest BCUT2D eigenvalue weighted by Gasteiger charge is 2.34. The van der Waals surface area contributed by atoms with E-state index >= 15 is 0 Å². The summed E-state index contributed by atoms with van der Waals surface area (Å²) in [6.45, 7) is 4.59. The van der Waals surface area contributed by atoms with Crippen molar-refractivity contribution in [3.05, 3.63) is 60.0 Å². The number of piperidine rings is 1. The van der Waals surface area contributed by atoms with Crippen LogP contribution in [0.3, 0.4) is 0 Å². The van der Waals surface area contributed by atoms with E-state index in [1.54, 1.807) is 10.7 Å². The normalized spacial score (nSPS) is 16.7. The van der Waals surface area contributed by atoms with E-state index in [0.717, 1.165) is 22.3 Å². The molecule has 12 heteroatoms. The number of nitrogens with one attached hydrogen (secondary N) is 1. The fourth-order valence-corrected chi connectivity index (χ4v) is 6.84. The molecule has 1 fully saturated rings. The molecule has 2 aromatic carbocycles. The number of fused-ring (bicyclic) bond motifs is 1. The Morgan fingerprint density at radius 3 is 2.78 bits per heavy atom. The van der Waals surface area contributed by atoms with Gasteiger partial charge in [0.15, 0.2) is 0 Å². The first-order chi connectivity index (χ1) is 17.8. The number of carbonyl (C=O) groups excluding carboxylic acids is 1. The molecule has 1 aliphatic rings. The van der Waals surface area contributed by atoms with Crippen LogP contribution in [0.4, 0.5) is 10.2 Å². The molecule has 0 saturated carbocycles. The average molecular weight is 544 g/mol.